The van der Waals surface area contributed by atoms with Crippen molar-refractivity contribution in [1.82, 2.24) is 15.5 Å². The summed E-state index contributed by atoms with van der Waals surface area (Å²) in [5, 5.41) is 13.5. The summed E-state index contributed by atoms with van der Waals surface area (Å²) in [6, 6.07) is 17.1. The van der Waals surface area contributed by atoms with E-state index in [0.29, 0.717) is 33.2 Å². The van der Waals surface area contributed by atoms with Crippen LogP contribution in [0.4, 0.5) is 5.82 Å². The number of carbonyl (C=O) groups is 2. The largest absolute Gasteiger partial charge is 0.496 e. The third kappa shape index (κ3) is 4.75. The molecule has 2 aromatic heterocycles. The highest BCUT2D eigenvalue weighted by Gasteiger charge is 2.17. The molecule has 8 heteroatoms. The quantitative estimate of drug-likeness (QED) is 0.409. The molecule has 0 saturated heterocycles. The number of ether oxygens (including phenoxy) is 1. The number of anilines is 1. The zero-order valence-corrected chi connectivity index (χ0v) is 18.0. The number of hydrogen-bond donors (Lipinski definition) is 3. The SMILES string of the molecule is COc1ccccc1CC(=O)Nc1[nH]nc2sc(C(=O)NCc3ccc(C)cc3)cc12. The smallest absolute Gasteiger partial charge is 0.261 e. The molecule has 0 spiro atoms. The standard InChI is InChI=1S/C23H22N4O3S/c1-14-7-9-15(10-8-14)13-24-22(29)19-12-17-21(26-27-23(17)31-19)25-20(28)11-16-5-3-4-6-18(16)30-2/h3-10,12H,11,13H2,1-2H3,(H,24,29)(H2,25,26,27,28). The van der Waals surface area contributed by atoms with Crippen LogP contribution in [0.2, 0.25) is 0 Å². The molecular weight excluding hydrogens is 412 g/mol. The molecular formula is C23H22N4O3S. The number of benzene rings is 2. The molecule has 2 aromatic carbocycles. The molecule has 7 nitrogen and oxygen atoms in total. The maximum atomic E-state index is 12.6. The Balaban J connectivity index is 1.42. The third-order valence-electron chi connectivity index (χ3n) is 4.86. The van der Waals surface area contributed by atoms with E-state index in [1.54, 1.807) is 13.2 Å². The molecule has 0 radical (unpaired) electrons. The summed E-state index contributed by atoms with van der Waals surface area (Å²) in [6.45, 7) is 2.47. The third-order valence-corrected chi connectivity index (χ3v) is 5.88. The molecule has 0 aliphatic carbocycles. The Morgan fingerprint density at radius 1 is 1.13 bits per heavy atom. The van der Waals surface area contributed by atoms with Crippen LogP contribution in [0, 0.1) is 6.92 Å². The average molecular weight is 435 g/mol. The summed E-state index contributed by atoms with van der Waals surface area (Å²) in [7, 11) is 1.58. The fourth-order valence-corrected chi connectivity index (χ4v) is 4.11. The second-order valence-corrected chi connectivity index (χ2v) is 8.16. The van der Waals surface area contributed by atoms with Gasteiger partial charge in [-0.25, -0.2) is 0 Å². The monoisotopic (exact) mass is 434 g/mol. The molecule has 0 aliphatic heterocycles. The highest BCUT2D eigenvalue weighted by molar-refractivity contribution is 7.20. The molecule has 0 saturated carbocycles. The van der Waals surface area contributed by atoms with Crippen molar-refractivity contribution in [3.63, 3.8) is 0 Å². The van der Waals surface area contributed by atoms with Gasteiger partial charge in [0.2, 0.25) is 5.91 Å². The van der Waals surface area contributed by atoms with Crippen LogP contribution >= 0.6 is 11.3 Å². The van der Waals surface area contributed by atoms with Crippen LogP contribution in [-0.4, -0.2) is 29.1 Å². The highest BCUT2D eigenvalue weighted by Crippen LogP contribution is 2.29. The number of para-hydroxylation sites is 1. The minimum atomic E-state index is -0.202. The zero-order valence-electron chi connectivity index (χ0n) is 17.2. The number of aromatic amines is 1. The predicted molar refractivity (Wildman–Crippen MR) is 122 cm³/mol. The van der Waals surface area contributed by atoms with E-state index in [1.807, 2.05) is 55.5 Å². The molecule has 4 rings (SSSR count). The summed E-state index contributed by atoms with van der Waals surface area (Å²) < 4.78 is 5.30. The van der Waals surface area contributed by atoms with Crippen molar-refractivity contribution in [1.29, 1.82) is 0 Å². The van der Waals surface area contributed by atoms with Crippen LogP contribution in [0.1, 0.15) is 26.4 Å². The van der Waals surface area contributed by atoms with Crippen LogP contribution in [-0.2, 0) is 17.8 Å². The van der Waals surface area contributed by atoms with Crippen molar-refractivity contribution in [2.45, 2.75) is 19.9 Å². The predicted octanol–water partition coefficient (Wildman–Crippen LogP) is 4.05. The fraction of sp³-hybridized carbons (Fsp3) is 0.174. The van der Waals surface area contributed by atoms with Gasteiger partial charge in [0.1, 0.15) is 16.4 Å². The zero-order chi connectivity index (χ0) is 21.8. The molecule has 158 valence electrons. The minimum absolute atomic E-state index is 0.165. The molecule has 31 heavy (non-hydrogen) atoms. The van der Waals surface area contributed by atoms with E-state index in [0.717, 1.165) is 11.1 Å². The van der Waals surface area contributed by atoms with E-state index in [-0.39, 0.29) is 18.2 Å². The molecule has 3 N–H and O–H groups in total. The van der Waals surface area contributed by atoms with E-state index in [2.05, 4.69) is 20.8 Å². The second-order valence-electron chi connectivity index (χ2n) is 7.13. The number of aryl methyl sites for hydroxylation is 1. The van der Waals surface area contributed by atoms with E-state index in [9.17, 15) is 9.59 Å². The average Bonchev–Trinajstić information content (AvgIpc) is 3.35. The van der Waals surface area contributed by atoms with Crippen molar-refractivity contribution in [3.05, 3.63) is 76.2 Å². The van der Waals surface area contributed by atoms with Crippen molar-refractivity contribution >= 4 is 39.2 Å². The number of carbonyl (C=O) groups excluding carboxylic acids is 2. The lowest BCUT2D eigenvalue weighted by atomic mass is 10.1. The number of H-pyrrole nitrogens is 1. The van der Waals surface area contributed by atoms with Crippen LogP contribution in [0.3, 0.4) is 0 Å². The van der Waals surface area contributed by atoms with Gasteiger partial charge in [0, 0.05) is 12.1 Å². The number of aromatic nitrogens is 2. The summed E-state index contributed by atoms with van der Waals surface area (Å²) >= 11 is 1.28. The van der Waals surface area contributed by atoms with Crippen molar-refractivity contribution < 1.29 is 14.3 Å². The van der Waals surface area contributed by atoms with Gasteiger partial charge in [0.25, 0.3) is 5.91 Å². The Bertz CT molecular complexity index is 1230. The van der Waals surface area contributed by atoms with Gasteiger partial charge < -0.3 is 15.4 Å². The van der Waals surface area contributed by atoms with E-state index < -0.39 is 0 Å². The maximum Gasteiger partial charge on any atom is 0.261 e. The first kappa shape index (κ1) is 20.6. The summed E-state index contributed by atoms with van der Waals surface area (Å²) in [5.41, 5.74) is 3.00. The first-order valence-electron chi connectivity index (χ1n) is 9.77. The molecule has 0 aliphatic rings. The minimum Gasteiger partial charge on any atom is -0.496 e. The first-order valence-corrected chi connectivity index (χ1v) is 10.6. The van der Waals surface area contributed by atoms with Crippen molar-refractivity contribution in [3.8, 4) is 5.75 Å². The molecule has 0 unspecified atom stereocenters. The van der Waals surface area contributed by atoms with Gasteiger partial charge in [0.05, 0.1) is 23.8 Å². The van der Waals surface area contributed by atoms with Crippen LogP contribution in [0.25, 0.3) is 10.2 Å². The lowest BCUT2D eigenvalue weighted by Crippen LogP contribution is -2.21. The van der Waals surface area contributed by atoms with E-state index in [4.69, 9.17) is 4.74 Å². The molecule has 2 amide bonds. The Hall–Kier alpha value is -3.65. The molecule has 0 bridgehead atoms. The Kier molecular flexibility index (Phi) is 5.99. The normalized spacial score (nSPS) is 10.8. The number of rotatable bonds is 7. The van der Waals surface area contributed by atoms with Gasteiger partial charge in [-0.3, -0.25) is 14.7 Å². The molecule has 0 atom stereocenters. The number of nitrogens with one attached hydrogen (secondary N) is 3. The molecule has 0 fully saturated rings. The number of amides is 2. The fourth-order valence-electron chi connectivity index (χ4n) is 3.20. The highest BCUT2D eigenvalue weighted by atomic mass is 32.1. The van der Waals surface area contributed by atoms with Gasteiger partial charge in [-0.2, -0.15) is 5.10 Å². The van der Waals surface area contributed by atoms with Crippen LogP contribution in [0.15, 0.2) is 54.6 Å². The Morgan fingerprint density at radius 3 is 2.68 bits per heavy atom. The lowest BCUT2D eigenvalue weighted by molar-refractivity contribution is -0.115. The molecule has 2 heterocycles. The summed E-state index contributed by atoms with van der Waals surface area (Å²) in [5.74, 6) is 0.765. The summed E-state index contributed by atoms with van der Waals surface area (Å²) in [4.78, 5) is 26.3. The van der Waals surface area contributed by atoms with Crippen molar-refractivity contribution in [2.24, 2.45) is 0 Å². The topological polar surface area (TPSA) is 96.1 Å². The number of methoxy groups -OCH3 is 1. The lowest BCUT2D eigenvalue weighted by Gasteiger charge is -2.08. The van der Waals surface area contributed by atoms with Crippen molar-refractivity contribution in [2.75, 3.05) is 12.4 Å². The number of nitrogens with zero attached hydrogens (tertiary/aromatic N) is 1. The maximum absolute atomic E-state index is 12.6. The number of fused-ring (bicyclic) bond motifs is 1. The Morgan fingerprint density at radius 2 is 1.90 bits per heavy atom. The van der Waals surface area contributed by atoms with Crippen LogP contribution < -0.4 is 15.4 Å². The summed E-state index contributed by atoms with van der Waals surface area (Å²) in [6.07, 6.45) is 0.165. The molecule has 4 aromatic rings. The van der Waals surface area contributed by atoms with E-state index >= 15 is 0 Å². The number of thiophene rings is 1. The van der Waals surface area contributed by atoms with Gasteiger partial charge in [0.15, 0.2) is 0 Å². The van der Waals surface area contributed by atoms with Gasteiger partial charge in [-0.1, -0.05) is 48.0 Å². The van der Waals surface area contributed by atoms with E-state index in [1.165, 1.54) is 16.9 Å². The first-order chi connectivity index (χ1) is 15.0. The number of hydrogen-bond acceptors (Lipinski definition) is 5. The van der Waals surface area contributed by atoms with Gasteiger partial charge in [-0.15, -0.1) is 11.3 Å². The second kappa shape index (κ2) is 9.01. The van der Waals surface area contributed by atoms with Gasteiger partial charge in [-0.05, 0) is 24.6 Å². The van der Waals surface area contributed by atoms with Crippen LogP contribution in [0.5, 0.6) is 5.75 Å². The Labute approximate surface area is 183 Å². The van der Waals surface area contributed by atoms with Gasteiger partial charge >= 0.3 is 0 Å².